The van der Waals surface area contributed by atoms with Crippen molar-refractivity contribution >= 4 is 18.3 Å². The third kappa shape index (κ3) is 5.37. The van der Waals surface area contributed by atoms with E-state index in [9.17, 15) is 4.79 Å². The maximum atomic E-state index is 11.1. The zero-order valence-electron chi connectivity index (χ0n) is 8.57. The van der Waals surface area contributed by atoms with Crippen LogP contribution in [0.5, 0.6) is 0 Å². The number of benzene rings is 1. The van der Waals surface area contributed by atoms with Crippen molar-refractivity contribution in [2.24, 2.45) is 5.73 Å². The molecule has 1 amide bonds. The Bertz CT molecular complexity index is 280. The van der Waals surface area contributed by atoms with Crippen molar-refractivity contribution in [1.82, 2.24) is 5.32 Å². The number of likely N-dealkylation sites (N-methyl/N-ethyl adjacent to an activating group) is 1. The Kier molecular flexibility index (Phi) is 8.96. The summed E-state index contributed by atoms with van der Waals surface area (Å²) in [5, 5.41) is 2.52. The number of hydrogen-bond acceptors (Lipinski definition) is 2. The first-order chi connectivity index (χ1) is 6.24. The molecule has 86 valence electrons. The van der Waals surface area contributed by atoms with Crippen LogP contribution in [0.4, 0.5) is 0 Å². The summed E-state index contributed by atoms with van der Waals surface area (Å²) < 4.78 is 0. The van der Waals surface area contributed by atoms with Crippen LogP contribution in [0.25, 0.3) is 0 Å². The van der Waals surface area contributed by atoms with E-state index in [0.717, 1.165) is 5.56 Å². The van der Waals surface area contributed by atoms with E-state index in [0.29, 0.717) is 6.42 Å². The Morgan fingerprint density at radius 2 is 1.93 bits per heavy atom. The standard InChI is InChI=1S/C10H14N2O.ClH.H2O/c1-12-10(13)9(11)7-8-5-3-2-4-6-8;;/h2-6,9H,7,11H2,1H3,(H,12,13);1H;1H2/t9-;;/m0../s1. The zero-order chi connectivity index (χ0) is 9.68. The SMILES string of the molecule is CNC(=O)[C@@H](N)Cc1ccccc1.Cl.O. The van der Waals surface area contributed by atoms with Crippen LogP contribution >= 0.6 is 12.4 Å². The Morgan fingerprint density at radius 1 is 1.40 bits per heavy atom. The van der Waals surface area contributed by atoms with E-state index in [2.05, 4.69) is 5.32 Å². The number of halogens is 1. The molecule has 5 heteroatoms. The third-order valence-electron chi connectivity index (χ3n) is 1.88. The van der Waals surface area contributed by atoms with Crippen molar-refractivity contribution in [3.8, 4) is 0 Å². The van der Waals surface area contributed by atoms with Gasteiger partial charge in [0.25, 0.3) is 0 Å². The van der Waals surface area contributed by atoms with Gasteiger partial charge < -0.3 is 16.5 Å². The van der Waals surface area contributed by atoms with Crippen LogP contribution in [-0.4, -0.2) is 24.5 Å². The molecule has 0 aliphatic heterocycles. The van der Waals surface area contributed by atoms with E-state index in [1.165, 1.54) is 0 Å². The lowest BCUT2D eigenvalue weighted by Gasteiger charge is -2.09. The Labute approximate surface area is 95.6 Å². The van der Waals surface area contributed by atoms with Gasteiger partial charge in [-0.05, 0) is 12.0 Å². The highest BCUT2D eigenvalue weighted by Gasteiger charge is 2.11. The van der Waals surface area contributed by atoms with Gasteiger partial charge in [-0.15, -0.1) is 12.4 Å². The minimum Gasteiger partial charge on any atom is -0.412 e. The van der Waals surface area contributed by atoms with Gasteiger partial charge in [0.2, 0.25) is 5.91 Å². The lowest BCUT2D eigenvalue weighted by Crippen LogP contribution is -2.40. The Morgan fingerprint density at radius 3 is 2.40 bits per heavy atom. The molecule has 0 aliphatic rings. The number of nitrogens with one attached hydrogen (secondary N) is 1. The van der Waals surface area contributed by atoms with Gasteiger partial charge in [-0.3, -0.25) is 4.79 Å². The summed E-state index contributed by atoms with van der Waals surface area (Å²) in [6, 6.07) is 9.28. The van der Waals surface area contributed by atoms with Gasteiger partial charge in [-0.25, -0.2) is 0 Å². The van der Waals surface area contributed by atoms with Crippen molar-refractivity contribution in [1.29, 1.82) is 0 Å². The topological polar surface area (TPSA) is 86.6 Å². The second-order valence-electron chi connectivity index (χ2n) is 2.91. The van der Waals surface area contributed by atoms with Gasteiger partial charge in [-0.2, -0.15) is 0 Å². The molecule has 1 rings (SSSR count). The highest BCUT2D eigenvalue weighted by molar-refractivity contribution is 5.85. The molecule has 0 fully saturated rings. The van der Waals surface area contributed by atoms with Crippen LogP contribution in [-0.2, 0) is 11.2 Å². The van der Waals surface area contributed by atoms with Crippen molar-refractivity contribution < 1.29 is 10.3 Å². The van der Waals surface area contributed by atoms with E-state index in [-0.39, 0.29) is 23.8 Å². The number of amides is 1. The maximum absolute atomic E-state index is 11.1. The van der Waals surface area contributed by atoms with E-state index >= 15 is 0 Å². The molecule has 0 saturated carbocycles. The maximum Gasteiger partial charge on any atom is 0.237 e. The first-order valence-corrected chi connectivity index (χ1v) is 4.25. The second-order valence-corrected chi connectivity index (χ2v) is 2.91. The first kappa shape index (κ1) is 16.3. The molecule has 0 saturated heterocycles. The lowest BCUT2D eigenvalue weighted by molar-refractivity contribution is -0.121. The summed E-state index contributed by atoms with van der Waals surface area (Å²) >= 11 is 0. The summed E-state index contributed by atoms with van der Waals surface area (Å²) in [7, 11) is 1.59. The molecule has 0 spiro atoms. The van der Waals surface area contributed by atoms with Crippen molar-refractivity contribution in [2.45, 2.75) is 12.5 Å². The lowest BCUT2D eigenvalue weighted by atomic mass is 10.1. The molecule has 1 aromatic carbocycles. The van der Waals surface area contributed by atoms with Crippen molar-refractivity contribution in [2.75, 3.05) is 7.05 Å². The highest BCUT2D eigenvalue weighted by atomic mass is 35.5. The molecule has 0 aliphatic carbocycles. The average Bonchev–Trinajstić information content (AvgIpc) is 2.18. The summed E-state index contributed by atoms with van der Waals surface area (Å²) in [5.74, 6) is -0.121. The molecule has 5 N–H and O–H groups in total. The smallest absolute Gasteiger partial charge is 0.237 e. The summed E-state index contributed by atoms with van der Waals surface area (Å²) in [5.41, 5.74) is 6.73. The molecule has 0 unspecified atom stereocenters. The first-order valence-electron chi connectivity index (χ1n) is 4.25. The van der Waals surface area contributed by atoms with Crippen molar-refractivity contribution in [3.05, 3.63) is 35.9 Å². The molecule has 0 aromatic heterocycles. The second kappa shape index (κ2) is 8.23. The molecular formula is C10H17ClN2O2. The number of carbonyl (C=O) groups excluding carboxylic acids is 1. The summed E-state index contributed by atoms with van der Waals surface area (Å²) in [6.07, 6.45) is 0.584. The molecule has 1 atom stereocenters. The number of hydrogen-bond donors (Lipinski definition) is 2. The molecule has 1 aromatic rings. The van der Waals surface area contributed by atoms with E-state index in [4.69, 9.17) is 5.73 Å². The number of nitrogens with two attached hydrogens (primary N) is 1. The predicted octanol–water partition coefficient (Wildman–Crippen LogP) is -0.101. The average molecular weight is 233 g/mol. The molecule has 0 heterocycles. The van der Waals surface area contributed by atoms with Crippen LogP contribution < -0.4 is 11.1 Å². The fourth-order valence-corrected chi connectivity index (χ4v) is 1.15. The van der Waals surface area contributed by atoms with Gasteiger partial charge in [0.05, 0.1) is 6.04 Å². The van der Waals surface area contributed by atoms with Gasteiger partial charge >= 0.3 is 0 Å². The van der Waals surface area contributed by atoms with Gasteiger partial charge in [-0.1, -0.05) is 30.3 Å². The molecule has 15 heavy (non-hydrogen) atoms. The van der Waals surface area contributed by atoms with E-state index < -0.39 is 6.04 Å². The van der Waals surface area contributed by atoms with Gasteiger partial charge in [0.1, 0.15) is 0 Å². The van der Waals surface area contributed by atoms with Crippen LogP contribution in [0.15, 0.2) is 30.3 Å². The van der Waals surface area contributed by atoms with Crippen LogP contribution in [0.1, 0.15) is 5.56 Å². The highest BCUT2D eigenvalue weighted by Crippen LogP contribution is 2.01. The van der Waals surface area contributed by atoms with Gasteiger partial charge in [0, 0.05) is 7.05 Å². The summed E-state index contributed by atoms with van der Waals surface area (Å²) in [6.45, 7) is 0. The fourth-order valence-electron chi connectivity index (χ4n) is 1.15. The van der Waals surface area contributed by atoms with Crippen LogP contribution in [0.3, 0.4) is 0 Å². The minimum absolute atomic E-state index is 0. The zero-order valence-corrected chi connectivity index (χ0v) is 9.38. The molecule has 0 radical (unpaired) electrons. The third-order valence-corrected chi connectivity index (χ3v) is 1.88. The quantitative estimate of drug-likeness (QED) is 0.763. The van der Waals surface area contributed by atoms with E-state index in [1.807, 2.05) is 30.3 Å². The normalized spacial score (nSPS) is 10.5. The minimum atomic E-state index is -0.451. The molecular weight excluding hydrogens is 216 g/mol. The Hall–Kier alpha value is -1.10. The van der Waals surface area contributed by atoms with Crippen LogP contribution in [0, 0.1) is 0 Å². The molecule has 4 nitrogen and oxygen atoms in total. The summed E-state index contributed by atoms with van der Waals surface area (Å²) in [4.78, 5) is 11.1. The largest absolute Gasteiger partial charge is 0.412 e. The Balaban J connectivity index is 0. The number of carbonyl (C=O) groups is 1. The monoisotopic (exact) mass is 232 g/mol. The van der Waals surface area contributed by atoms with E-state index in [1.54, 1.807) is 7.05 Å². The fraction of sp³-hybridized carbons (Fsp3) is 0.300. The van der Waals surface area contributed by atoms with Crippen LogP contribution in [0.2, 0.25) is 0 Å². The molecule has 0 bridgehead atoms. The number of rotatable bonds is 3. The van der Waals surface area contributed by atoms with Gasteiger partial charge in [0.15, 0.2) is 0 Å². The predicted molar refractivity (Wildman–Crippen MR) is 63.0 cm³/mol. The van der Waals surface area contributed by atoms with Crippen molar-refractivity contribution in [3.63, 3.8) is 0 Å².